The third kappa shape index (κ3) is 4.24. The van der Waals surface area contributed by atoms with Crippen molar-refractivity contribution in [2.75, 3.05) is 0 Å². The van der Waals surface area contributed by atoms with Crippen molar-refractivity contribution in [3.8, 4) is 27.5 Å². The molecule has 168 valence electrons. The van der Waals surface area contributed by atoms with Gasteiger partial charge in [-0.25, -0.2) is 9.78 Å². The van der Waals surface area contributed by atoms with E-state index in [9.17, 15) is 14.7 Å². The molecule has 0 aliphatic carbocycles. The molecule has 0 radical (unpaired) electrons. The Morgan fingerprint density at radius 3 is 2.30 bits per heavy atom. The van der Waals surface area contributed by atoms with Crippen molar-refractivity contribution in [2.45, 2.75) is 33.6 Å². The lowest BCUT2D eigenvalue weighted by atomic mass is 10.0. The molecule has 0 saturated carbocycles. The molecular formula is C26H23ClN2O3S. The summed E-state index contributed by atoms with van der Waals surface area (Å²) in [5.74, 6) is -1.08. The maximum Gasteiger partial charge on any atom is 0.337 e. The number of thiazole rings is 1. The molecule has 0 fully saturated rings. The average molecular weight is 479 g/mol. The van der Waals surface area contributed by atoms with E-state index in [-0.39, 0.29) is 16.7 Å². The molecule has 0 aliphatic heterocycles. The zero-order valence-electron chi connectivity index (χ0n) is 18.6. The van der Waals surface area contributed by atoms with E-state index in [0.29, 0.717) is 21.4 Å². The zero-order valence-corrected chi connectivity index (χ0v) is 20.1. The van der Waals surface area contributed by atoms with Crippen molar-refractivity contribution >= 4 is 28.9 Å². The molecule has 33 heavy (non-hydrogen) atoms. The summed E-state index contributed by atoms with van der Waals surface area (Å²) in [6, 6.07) is 14.7. The van der Waals surface area contributed by atoms with Crippen LogP contribution in [0.5, 0.6) is 0 Å². The van der Waals surface area contributed by atoms with Crippen LogP contribution in [0.1, 0.15) is 41.0 Å². The second-order valence-electron chi connectivity index (χ2n) is 7.68. The number of nitrogens with zero attached hydrogens (tertiary/aromatic N) is 2. The first-order chi connectivity index (χ1) is 15.8. The number of carboxylic acid groups (broad SMARTS) is 1. The van der Waals surface area contributed by atoms with Crippen molar-refractivity contribution in [1.82, 2.24) is 9.55 Å². The molecule has 1 N–H and O–H groups in total. The maximum atomic E-state index is 13.8. The molecule has 2 heterocycles. The van der Waals surface area contributed by atoms with Gasteiger partial charge in [-0.3, -0.25) is 9.36 Å². The number of carbonyl (C=O) groups is 1. The second kappa shape index (κ2) is 9.33. The maximum absolute atomic E-state index is 13.8. The Kier molecular flexibility index (Phi) is 6.49. The van der Waals surface area contributed by atoms with Crippen LogP contribution >= 0.6 is 22.9 Å². The summed E-state index contributed by atoms with van der Waals surface area (Å²) < 4.78 is 1.56. The normalized spacial score (nSPS) is 11.0. The third-order valence-corrected chi connectivity index (χ3v) is 6.87. The number of benzene rings is 2. The summed E-state index contributed by atoms with van der Waals surface area (Å²) in [4.78, 5) is 30.6. The fourth-order valence-corrected chi connectivity index (χ4v) is 4.96. The predicted molar refractivity (Wildman–Crippen MR) is 134 cm³/mol. The smallest absolute Gasteiger partial charge is 0.337 e. The van der Waals surface area contributed by atoms with Crippen LogP contribution in [-0.2, 0) is 12.8 Å². The van der Waals surface area contributed by atoms with Gasteiger partial charge in [-0.2, -0.15) is 0 Å². The lowest BCUT2D eigenvalue weighted by Gasteiger charge is -2.20. The number of hydrogen-bond donors (Lipinski definition) is 1. The Bertz CT molecular complexity index is 1380. The number of rotatable bonds is 6. The van der Waals surface area contributed by atoms with E-state index < -0.39 is 5.97 Å². The monoisotopic (exact) mass is 478 g/mol. The Hall–Kier alpha value is -3.22. The summed E-state index contributed by atoms with van der Waals surface area (Å²) in [7, 11) is 0. The number of aryl methyl sites for hydroxylation is 2. The van der Waals surface area contributed by atoms with E-state index in [1.165, 1.54) is 17.4 Å². The summed E-state index contributed by atoms with van der Waals surface area (Å²) in [6.45, 7) is 5.74. The van der Waals surface area contributed by atoms with E-state index in [1.54, 1.807) is 23.6 Å². The van der Waals surface area contributed by atoms with E-state index >= 15 is 0 Å². The molecule has 0 spiro atoms. The van der Waals surface area contributed by atoms with E-state index in [0.717, 1.165) is 35.2 Å². The highest BCUT2D eigenvalue weighted by atomic mass is 35.5. The first-order valence-corrected chi connectivity index (χ1v) is 11.9. The van der Waals surface area contributed by atoms with Crippen LogP contribution < -0.4 is 5.56 Å². The minimum atomic E-state index is -1.08. The molecule has 0 saturated heterocycles. The van der Waals surface area contributed by atoms with Crippen LogP contribution in [0.15, 0.2) is 58.7 Å². The van der Waals surface area contributed by atoms with Crippen molar-refractivity contribution in [1.29, 1.82) is 0 Å². The van der Waals surface area contributed by atoms with Crippen molar-refractivity contribution in [2.24, 2.45) is 0 Å². The van der Waals surface area contributed by atoms with Gasteiger partial charge in [-0.15, -0.1) is 11.3 Å². The van der Waals surface area contributed by atoms with Gasteiger partial charge < -0.3 is 5.11 Å². The predicted octanol–water partition coefficient (Wildman–Crippen LogP) is 6.41. The van der Waals surface area contributed by atoms with Gasteiger partial charge in [-0.05, 0) is 49.1 Å². The number of aromatic nitrogens is 2. The molecule has 5 nitrogen and oxygen atoms in total. The summed E-state index contributed by atoms with van der Waals surface area (Å²) >= 11 is 7.31. The third-order valence-electron chi connectivity index (χ3n) is 5.74. The number of aromatic carboxylic acids is 1. The topological polar surface area (TPSA) is 72.2 Å². The van der Waals surface area contributed by atoms with E-state index in [4.69, 9.17) is 11.6 Å². The summed E-state index contributed by atoms with van der Waals surface area (Å²) in [6.07, 6.45) is 1.44. The van der Waals surface area contributed by atoms with Gasteiger partial charge in [0.15, 0.2) is 0 Å². The van der Waals surface area contributed by atoms with Crippen LogP contribution in [0, 0.1) is 6.92 Å². The lowest BCUT2D eigenvalue weighted by Crippen LogP contribution is -2.27. The first kappa shape index (κ1) is 23.0. The highest BCUT2D eigenvalue weighted by Gasteiger charge is 2.22. The molecule has 0 unspecified atom stereocenters. The molecule has 4 aromatic rings. The van der Waals surface area contributed by atoms with Gasteiger partial charge in [0.25, 0.3) is 5.56 Å². The Balaban J connectivity index is 1.98. The number of para-hydroxylation sites is 1. The highest BCUT2D eigenvalue weighted by Crippen LogP contribution is 2.30. The van der Waals surface area contributed by atoms with Crippen LogP contribution in [0.4, 0.5) is 0 Å². The van der Waals surface area contributed by atoms with Crippen LogP contribution in [0.2, 0.25) is 5.02 Å². The molecular weight excluding hydrogens is 456 g/mol. The van der Waals surface area contributed by atoms with Gasteiger partial charge in [0.05, 0.1) is 22.5 Å². The Morgan fingerprint density at radius 2 is 1.73 bits per heavy atom. The largest absolute Gasteiger partial charge is 0.478 e. The number of hydrogen-bond acceptors (Lipinski definition) is 4. The molecule has 7 heteroatoms. The number of pyridine rings is 1. The van der Waals surface area contributed by atoms with Crippen molar-refractivity contribution < 1.29 is 9.90 Å². The Labute approximate surface area is 201 Å². The zero-order chi connectivity index (χ0) is 23.7. The quantitative estimate of drug-likeness (QED) is 0.347. The van der Waals surface area contributed by atoms with Gasteiger partial charge in [0, 0.05) is 21.7 Å². The molecule has 2 aromatic carbocycles. The number of halogens is 1. The Morgan fingerprint density at radius 1 is 1.09 bits per heavy atom. The SMILES string of the molecule is CCc1cccc(CC)c1-n1c(C)c(C(=O)O)cc(-c2nc(-c3ccc(Cl)cc3)cs2)c1=O. The van der Waals surface area contributed by atoms with Crippen LogP contribution in [0.25, 0.3) is 27.5 Å². The van der Waals surface area contributed by atoms with E-state index in [1.807, 2.05) is 49.6 Å². The minimum Gasteiger partial charge on any atom is -0.478 e. The highest BCUT2D eigenvalue weighted by molar-refractivity contribution is 7.13. The minimum absolute atomic E-state index is 0.0841. The fourth-order valence-electron chi connectivity index (χ4n) is 4.00. The lowest BCUT2D eigenvalue weighted by molar-refractivity contribution is 0.0695. The molecule has 2 aromatic heterocycles. The van der Waals surface area contributed by atoms with Gasteiger partial charge in [0.2, 0.25) is 0 Å². The summed E-state index contributed by atoms with van der Waals surface area (Å²) in [5, 5.41) is 12.9. The van der Waals surface area contributed by atoms with Crippen molar-refractivity contribution in [3.05, 3.63) is 91.7 Å². The first-order valence-electron chi connectivity index (χ1n) is 10.7. The standard InChI is InChI=1S/C26H23ClN2O3S/c1-4-16-7-6-8-17(5-2)23(16)29-15(3)20(26(31)32)13-21(25(29)30)24-28-22(14-33-24)18-9-11-19(27)12-10-18/h6-14H,4-5H2,1-3H3,(H,31,32). The molecule has 4 rings (SSSR count). The van der Waals surface area contributed by atoms with Crippen LogP contribution in [-0.4, -0.2) is 20.6 Å². The van der Waals surface area contributed by atoms with Crippen LogP contribution in [0.3, 0.4) is 0 Å². The van der Waals surface area contributed by atoms with Gasteiger partial charge in [0.1, 0.15) is 5.01 Å². The molecule has 0 bridgehead atoms. The molecule has 0 amide bonds. The summed E-state index contributed by atoms with van der Waals surface area (Å²) in [5.41, 5.74) is 4.82. The van der Waals surface area contributed by atoms with Gasteiger partial charge in [-0.1, -0.05) is 55.8 Å². The second-order valence-corrected chi connectivity index (χ2v) is 8.97. The fraction of sp³-hybridized carbons (Fsp3) is 0.192. The van der Waals surface area contributed by atoms with Crippen molar-refractivity contribution in [3.63, 3.8) is 0 Å². The number of carboxylic acids is 1. The molecule has 0 atom stereocenters. The van der Waals surface area contributed by atoms with Gasteiger partial charge >= 0.3 is 5.97 Å². The average Bonchev–Trinajstić information content (AvgIpc) is 3.29. The molecule has 0 aliphatic rings. The van der Waals surface area contributed by atoms with E-state index in [2.05, 4.69) is 4.98 Å².